The molecule has 2 aromatic heterocycles. The number of methoxy groups -OCH3 is 1. The van der Waals surface area contributed by atoms with Crippen LogP contribution in [0.2, 0.25) is 0 Å². The van der Waals surface area contributed by atoms with E-state index in [1.54, 1.807) is 19.4 Å². The highest BCUT2D eigenvalue weighted by atomic mass is 16.5. The average molecular weight is 593 g/mol. The lowest BCUT2D eigenvalue weighted by atomic mass is 10.0. The Morgan fingerprint density at radius 3 is 2.70 bits per heavy atom. The van der Waals surface area contributed by atoms with Crippen molar-refractivity contribution in [2.75, 3.05) is 33.4 Å². The Kier molecular flexibility index (Phi) is 7.27. The van der Waals surface area contributed by atoms with Gasteiger partial charge in [0.25, 0.3) is 5.91 Å². The van der Waals surface area contributed by atoms with Gasteiger partial charge in [-0.05, 0) is 68.1 Å². The molecule has 4 aromatic rings. The molecule has 2 aromatic carbocycles. The fraction of sp³-hybridized carbons (Fsp3) is 0.400. The number of nitriles is 1. The average Bonchev–Trinajstić information content (AvgIpc) is 3.34. The second kappa shape index (κ2) is 11.3. The van der Waals surface area contributed by atoms with Crippen LogP contribution < -0.4 is 14.8 Å². The first-order chi connectivity index (χ1) is 21.4. The summed E-state index contributed by atoms with van der Waals surface area (Å²) < 4.78 is 23.7. The maximum Gasteiger partial charge on any atom is 0.251 e. The molecule has 2 saturated heterocycles. The predicted molar refractivity (Wildman–Crippen MR) is 166 cm³/mol. The maximum absolute atomic E-state index is 13.3. The van der Waals surface area contributed by atoms with E-state index in [1.807, 2.05) is 42.5 Å². The number of aromatic nitrogens is 1. The molecule has 0 bridgehead atoms. The normalized spacial score (nSPS) is 21.7. The number of piperidine rings is 1. The number of carbonyl (C=O) groups excluding carboxylic acids is 1. The molecule has 4 heterocycles. The number of nitrogens with zero attached hydrogens (tertiary/aromatic N) is 3. The van der Waals surface area contributed by atoms with Gasteiger partial charge in [-0.25, -0.2) is 0 Å². The third-order valence-corrected chi connectivity index (χ3v) is 9.28. The molecule has 3 fully saturated rings. The number of likely N-dealkylation sites (tertiary alicyclic amines) is 1. The standard InChI is InChI=1S/C35H36N4O5/c1-21(2)39-19-25-17-35(25,20-39)38-34(40)23-4-6-28(31(15-23)41-3)32-16-29-33(44-32)27(8-11-37-29)22-5-7-30(24(14-22)18-36)43-26-9-12-42-13-10-26/h4-8,11,14-16,21,25-26H,9-10,12-13,17,19-20H2,1-3H3,(H,38,40)/t25?,35-/m1/s1. The fourth-order valence-corrected chi connectivity index (χ4v) is 6.60. The van der Waals surface area contributed by atoms with E-state index in [1.165, 1.54) is 0 Å². The number of carbonyl (C=O) groups is 1. The number of benzene rings is 2. The molecule has 44 heavy (non-hydrogen) atoms. The zero-order valence-electron chi connectivity index (χ0n) is 25.3. The van der Waals surface area contributed by atoms with Gasteiger partial charge in [-0.3, -0.25) is 14.7 Å². The Labute approximate surface area is 256 Å². The SMILES string of the molecule is COc1cc(C(=O)N[C@@]23CC2CN(C(C)C)C3)ccc1-c1cc2nccc(-c3ccc(OC4CCOCC4)c(C#N)c3)c2o1. The second-order valence-corrected chi connectivity index (χ2v) is 12.4. The van der Waals surface area contributed by atoms with Crippen molar-refractivity contribution in [1.82, 2.24) is 15.2 Å². The molecule has 3 aliphatic rings. The van der Waals surface area contributed by atoms with Crippen LogP contribution in [0.25, 0.3) is 33.6 Å². The zero-order chi connectivity index (χ0) is 30.4. The van der Waals surface area contributed by atoms with Gasteiger partial charge in [0.05, 0.1) is 37.0 Å². The minimum absolute atomic E-state index is 0.0395. The number of furan rings is 1. The molecule has 9 nitrogen and oxygen atoms in total. The maximum atomic E-state index is 13.3. The number of amides is 1. The Hall–Kier alpha value is -4.39. The van der Waals surface area contributed by atoms with Gasteiger partial charge in [-0.1, -0.05) is 6.07 Å². The summed E-state index contributed by atoms with van der Waals surface area (Å²) in [5.41, 5.74) is 4.54. The number of hydrogen-bond donors (Lipinski definition) is 1. The molecule has 226 valence electrons. The van der Waals surface area contributed by atoms with Crippen molar-refractivity contribution >= 4 is 17.0 Å². The van der Waals surface area contributed by atoms with E-state index < -0.39 is 0 Å². The predicted octanol–water partition coefficient (Wildman–Crippen LogP) is 5.81. The molecule has 9 heteroatoms. The highest BCUT2D eigenvalue weighted by Gasteiger charge is 2.61. The van der Waals surface area contributed by atoms with Crippen LogP contribution in [0.3, 0.4) is 0 Å². The number of nitrogens with one attached hydrogen (secondary N) is 1. The molecule has 7 rings (SSSR count). The van der Waals surface area contributed by atoms with Crippen LogP contribution in [-0.4, -0.2) is 66.9 Å². The number of hydrogen-bond acceptors (Lipinski definition) is 8. The Bertz CT molecular complexity index is 1770. The summed E-state index contributed by atoms with van der Waals surface area (Å²) in [7, 11) is 1.59. The van der Waals surface area contributed by atoms with Gasteiger partial charge in [0.2, 0.25) is 0 Å². The van der Waals surface area contributed by atoms with E-state index in [0.717, 1.165) is 49.0 Å². The van der Waals surface area contributed by atoms with Crippen LogP contribution in [0.4, 0.5) is 0 Å². The Morgan fingerprint density at radius 1 is 1.11 bits per heavy atom. The van der Waals surface area contributed by atoms with Crippen molar-refractivity contribution < 1.29 is 23.4 Å². The number of fused-ring (bicyclic) bond motifs is 2. The Morgan fingerprint density at radius 2 is 1.95 bits per heavy atom. The van der Waals surface area contributed by atoms with E-state index in [2.05, 4.69) is 35.1 Å². The summed E-state index contributed by atoms with van der Waals surface area (Å²) in [5, 5.41) is 13.2. The first kappa shape index (κ1) is 28.4. The highest BCUT2D eigenvalue weighted by Crippen LogP contribution is 2.50. The van der Waals surface area contributed by atoms with E-state index >= 15 is 0 Å². The van der Waals surface area contributed by atoms with Gasteiger partial charge >= 0.3 is 0 Å². The van der Waals surface area contributed by atoms with Crippen LogP contribution in [0.15, 0.2) is 59.1 Å². The van der Waals surface area contributed by atoms with Gasteiger partial charge in [0.1, 0.15) is 34.9 Å². The van der Waals surface area contributed by atoms with Crippen molar-refractivity contribution in [3.05, 3.63) is 65.9 Å². The molecule has 2 atom stereocenters. The molecule has 1 saturated carbocycles. The van der Waals surface area contributed by atoms with Crippen molar-refractivity contribution in [2.24, 2.45) is 5.92 Å². The van der Waals surface area contributed by atoms with E-state index in [0.29, 0.717) is 64.7 Å². The van der Waals surface area contributed by atoms with Crippen molar-refractivity contribution in [1.29, 1.82) is 5.26 Å². The minimum Gasteiger partial charge on any atom is -0.496 e. The molecular formula is C35H36N4O5. The number of rotatable bonds is 8. The van der Waals surface area contributed by atoms with E-state index in [4.69, 9.17) is 18.6 Å². The zero-order valence-corrected chi connectivity index (χ0v) is 25.3. The smallest absolute Gasteiger partial charge is 0.251 e. The van der Waals surface area contributed by atoms with Gasteiger partial charge in [0, 0.05) is 55.4 Å². The van der Waals surface area contributed by atoms with Crippen LogP contribution in [0, 0.1) is 17.2 Å². The van der Waals surface area contributed by atoms with Gasteiger partial charge < -0.3 is 23.9 Å². The monoisotopic (exact) mass is 592 g/mol. The quantitative estimate of drug-likeness (QED) is 0.273. The summed E-state index contributed by atoms with van der Waals surface area (Å²) in [6, 6.07) is 17.6. The van der Waals surface area contributed by atoms with Crippen molar-refractivity contribution in [3.8, 4) is 40.0 Å². The van der Waals surface area contributed by atoms with Crippen LogP contribution in [-0.2, 0) is 4.74 Å². The third-order valence-electron chi connectivity index (χ3n) is 9.28. The van der Waals surface area contributed by atoms with Crippen LogP contribution in [0.5, 0.6) is 11.5 Å². The summed E-state index contributed by atoms with van der Waals surface area (Å²) in [4.78, 5) is 20.3. The molecule has 1 aliphatic carbocycles. The lowest BCUT2D eigenvalue weighted by Gasteiger charge is -2.25. The first-order valence-corrected chi connectivity index (χ1v) is 15.3. The van der Waals surface area contributed by atoms with Crippen LogP contribution in [0.1, 0.15) is 49.0 Å². The van der Waals surface area contributed by atoms with Gasteiger partial charge in [0.15, 0.2) is 5.58 Å². The van der Waals surface area contributed by atoms with Crippen LogP contribution >= 0.6 is 0 Å². The highest BCUT2D eigenvalue weighted by molar-refractivity contribution is 5.97. The Balaban J connectivity index is 1.14. The minimum atomic E-state index is -0.116. The third kappa shape index (κ3) is 5.18. The summed E-state index contributed by atoms with van der Waals surface area (Å²) in [6.07, 6.45) is 4.42. The number of ether oxygens (including phenoxy) is 3. The van der Waals surface area contributed by atoms with E-state index in [-0.39, 0.29) is 17.6 Å². The van der Waals surface area contributed by atoms with Crippen molar-refractivity contribution in [2.45, 2.75) is 50.8 Å². The molecule has 0 spiro atoms. The second-order valence-electron chi connectivity index (χ2n) is 12.4. The molecule has 1 N–H and O–H groups in total. The molecule has 2 aliphatic heterocycles. The topological polar surface area (TPSA) is 110 Å². The fourth-order valence-electron chi connectivity index (χ4n) is 6.60. The largest absolute Gasteiger partial charge is 0.496 e. The lowest BCUT2D eigenvalue weighted by molar-refractivity contribution is 0.0254. The first-order valence-electron chi connectivity index (χ1n) is 15.3. The summed E-state index contributed by atoms with van der Waals surface area (Å²) in [5.74, 6) is 2.12. The molecular weight excluding hydrogens is 556 g/mol. The number of pyridine rings is 1. The molecule has 0 radical (unpaired) electrons. The summed E-state index contributed by atoms with van der Waals surface area (Å²) in [6.45, 7) is 7.66. The molecule has 1 unspecified atom stereocenters. The van der Waals surface area contributed by atoms with Crippen molar-refractivity contribution in [3.63, 3.8) is 0 Å². The van der Waals surface area contributed by atoms with Gasteiger partial charge in [-0.2, -0.15) is 5.26 Å². The van der Waals surface area contributed by atoms with Gasteiger partial charge in [-0.15, -0.1) is 0 Å². The molecule has 1 amide bonds. The lowest BCUT2D eigenvalue weighted by Crippen LogP contribution is -2.43. The summed E-state index contributed by atoms with van der Waals surface area (Å²) >= 11 is 0. The van der Waals surface area contributed by atoms with E-state index in [9.17, 15) is 10.1 Å².